The highest BCUT2D eigenvalue weighted by atomic mass is 16.3. The Labute approximate surface area is 134 Å². The Kier molecular flexibility index (Phi) is 4.12. The van der Waals surface area contributed by atoms with Gasteiger partial charge in [0, 0.05) is 5.69 Å². The Morgan fingerprint density at radius 1 is 1.22 bits per heavy atom. The molecule has 118 valence electrons. The van der Waals surface area contributed by atoms with Crippen molar-refractivity contribution in [1.29, 1.82) is 0 Å². The van der Waals surface area contributed by atoms with Gasteiger partial charge >= 0.3 is 0 Å². The molecule has 1 amide bonds. The first-order valence-corrected chi connectivity index (χ1v) is 7.50. The van der Waals surface area contributed by atoms with Crippen LogP contribution >= 0.6 is 0 Å². The molecule has 0 unspecified atom stereocenters. The Hall–Kier alpha value is -2.66. The first-order chi connectivity index (χ1) is 11.1. The molecule has 1 heterocycles. The van der Waals surface area contributed by atoms with Crippen molar-refractivity contribution < 1.29 is 9.90 Å². The Bertz CT molecular complexity index is 868. The molecule has 0 atom stereocenters. The molecule has 0 aliphatic carbocycles. The normalized spacial score (nSPS) is 10.9. The van der Waals surface area contributed by atoms with E-state index >= 15 is 0 Å². The fraction of sp³-hybridized carbons (Fsp3) is 0.222. The minimum absolute atomic E-state index is 0.115. The van der Waals surface area contributed by atoms with Gasteiger partial charge in [0.05, 0.1) is 11.0 Å². The molecule has 0 saturated carbocycles. The molecule has 0 bridgehead atoms. The summed E-state index contributed by atoms with van der Waals surface area (Å²) < 4.78 is 1.74. The van der Waals surface area contributed by atoms with Crippen molar-refractivity contribution in [3.63, 3.8) is 0 Å². The van der Waals surface area contributed by atoms with Crippen LogP contribution in [-0.4, -0.2) is 20.6 Å². The third-order valence-corrected chi connectivity index (χ3v) is 3.83. The molecule has 0 aliphatic heterocycles. The van der Waals surface area contributed by atoms with Gasteiger partial charge in [-0.15, -0.1) is 0 Å². The second kappa shape index (κ2) is 6.22. The van der Waals surface area contributed by atoms with E-state index in [1.54, 1.807) is 4.57 Å². The van der Waals surface area contributed by atoms with Crippen LogP contribution in [0.4, 0.5) is 5.69 Å². The number of nitrogens with zero attached hydrogens (tertiary/aromatic N) is 2. The van der Waals surface area contributed by atoms with E-state index in [0.717, 1.165) is 27.8 Å². The molecule has 0 fully saturated rings. The monoisotopic (exact) mass is 309 g/mol. The van der Waals surface area contributed by atoms with Crippen LogP contribution in [0.2, 0.25) is 0 Å². The third kappa shape index (κ3) is 3.10. The molecule has 0 aliphatic rings. The van der Waals surface area contributed by atoms with E-state index < -0.39 is 0 Å². The molecule has 0 saturated heterocycles. The van der Waals surface area contributed by atoms with Crippen LogP contribution in [0.1, 0.15) is 17.0 Å². The highest BCUT2D eigenvalue weighted by Crippen LogP contribution is 2.18. The summed E-state index contributed by atoms with van der Waals surface area (Å²) in [6, 6.07) is 13.4. The Morgan fingerprint density at radius 2 is 2.00 bits per heavy atom. The topological polar surface area (TPSA) is 67.2 Å². The van der Waals surface area contributed by atoms with Crippen molar-refractivity contribution in [2.75, 3.05) is 5.32 Å². The molecular weight excluding hydrogens is 290 g/mol. The summed E-state index contributed by atoms with van der Waals surface area (Å²) in [6.07, 6.45) is 0. The number of carbonyl (C=O) groups is 1. The number of benzene rings is 2. The average molecular weight is 309 g/mol. The minimum atomic E-state index is -0.203. The number of carbonyl (C=O) groups excluding carboxylic acids is 1. The summed E-state index contributed by atoms with van der Waals surface area (Å²) in [6.45, 7) is 3.90. The molecule has 2 aromatic carbocycles. The SMILES string of the molecule is Cc1ccc(NC(=O)Cn2c(CO)nc3ccccc32)c(C)c1. The van der Waals surface area contributed by atoms with E-state index in [4.69, 9.17) is 0 Å². The summed E-state index contributed by atoms with van der Waals surface area (Å²) >= 11 is 0. The van der Waals surface area contributed by atoms with Crippen molar-refractivity contribution in [1.82, 2.24) is 9.55 Å². The number of aliphatic hydroxyl groups excluding tert-OH is 1. The van der Waals surface area contributed by atoms with E-state index in [1.807, 2.05) is 56.3 Å². The van der Waals surface area contributed by atoms with Crippen LogP contribution in [0.3, 0.4) is 0 Å². The quantitative estimate of drug-likeness (QED) is 0.779. The van der Waals surface area contributed by atoms with Gasteiger partial charge in [-0.1, -0.05) is 29.8 Å². The lowest BCUT2D eigenvalue weighted by Crippen LogP contribution is -2.20. The van der Waals surface area contributed by atoms with Crippen LogP contribution < -0.4 is 5.32 Å². The van der Waals surface area contributed by atoms with Crippen molar-refractivity contribution >= 4 is 22.6 Å². The van der Waals surface area contributed by atoms with Gasteiger partial charge in [-0.2, -0.15) is 0 Å². The molecule has 3 aromatic rings. The zero-order valence-corrected chi connectivity index (χ0v) is 13.2. The van der Waals surface area contributed by atoms with E-state index in [-0.39, 0.29) is 19.1 Å². The van der Waals surface area contributed by atoms with Crippen molar-refractivity contribution in [3.05, 3.63) is 59.4 Å². The maximum atomic E-state index is 12.4. The van der Waals surface area contributed by atoms with Crippen LogP contribution in [0.25, 0.3) is 11.0 Å². The first-order valence-electron chi connectivity index (χ1n) is 7.50. The van der Waals surface area contributed by atoms with Crippen LogP contribution in [0, 0.1) is 13.8 Å². The molecule has 0 radical (unpaired) electrons. The number of aliphatic hydroxyl groups is 1. The fourth-order valence-electron chi connectivity index (χ4n) is 2.71. The molecule has 1 aromatic heterocycles. The summed E-state index contributed by atoms with van der Waals surface area (Å²) in [5.41, 5.74) is 4.60. The molecular formula is C18H19N3O2. The van der Waals surface area contributed by atoms with Crippen LogP contribution in [0.15, 0.2) is 42.5 Å². The van der Waals surface area contributed by atoms with Crippen LogP contribution in [0.5, 0.6) is 0 Å². The first kappa shape index (κ1) is 15.2. The number of imidazole rings is 1. The van der Waals surface area contributed by atoms with Gasteiger partial charge in [0.15, 0.2) is 0 Å². The lowest BCUT2D eigenvalue weighted by molar-refractivity contribution is -0.116. The largest absolute Gasteiger partial charge is 0.388 e. The minimum Gasteiger partial charge on any atom is -0.388 e. The Balaban J connectivity index is 1.85. The number of para-hydroxylation sites is 2. The number of nitrogens with one attached hydrogen (secondary N) is 1. The van der Waals surface area contributed by atoms with Gasteiger partial charge in [0.2, 0.25) is 5.91 Å². The summed E-state index contributed by atoms with van der Waals surface area (Å²) in [7, 11) is 0. The van der Waals surface area contributed by atoms with Crippen molar-refractivity contribution in [2.24, 2.45) is 0 Å². The second-order valence-electron chi connectivity index (χ2n) is 5.63. The smallest absolute Gasteiger partial charge is 0.244 e. The number of fused-ring (bicyclic) bond motifs is 1. The number of anilines is 1. The molecule has 3 rings (SSSR count). The van der Waals surface area contributed by atoms with Gasteiger partial charge in [0.25, 0.3) is 0 Å². The third-order valence-electron chi connectivity index (χ3n) is 3.83. The zero-order chi connectivity index (χ0) is 16.4. The number of rotatable bonds is 4. The standard InChI is InChI=1S/C18H19N3O2/c1-12-7-8-14(13(2)9-12)20-18(23)10-21-16-6-4-3-5-15(16)19-17(21)11-22/h3-9,22H,10-11H2,1-2H3,(H,20,23). The van der Waals surface area contributed by atoms with E-state index in [0.29, 0.717) is 5.82 Å². The lowest BCUT2D eigenvalue weighted by atomic mass is 10.1. The van der Waals surface area contributed by atoms with E-state index in [2.05, 4.69) is 10.3 Å². The lowest BCUT2D eigenvalue weighted by Gasteiger charge is -2.11. The highest BCUT2D eigenvalue weighted by Gasteiger charge is 2.13. The number of hydrogen-bond acceptors (Lipinski definition) is 3. The van der Waals surface area contributed by atoms with Gasteiger partial charge in [-0.3, -0.25) is 4.79 Å². The van der Waals surface area contributed by atoms with Crippen LogP contribution in [-0.2, 0) is 17.9 Å². The van der Waals surface area contributed by atoms with Gasteiger partial charge < -0.3 is 15.0 Å². The summed E-state index contributed by atoms with van der Waals surface area (Å²) in [5.74, 6) is 0.344. The van der Waals surface area contributed by atoms with E-state index in [1.165, 1.54) is 0 Å². The van der Waals surface area contributed by atoms with Gasteiger partial charge in [-0.25, -0.2) is 4.98 Å². The molecule has 5 heteroatoms. The number of amides is 1. The van der Waals surface area contributed by atoms with Gasteiger partial charge in [-0.05, 0) is 37.6 Å². The molecule has 23 heavy (non-hydrogen) atoms. The zero-order valence-electron chi connectivity index (χ0n) is 13.2. The highest BCUT2D eigenvalue weighted by molar-refractivity contribution is 5.92. The maximum Gasteiger partial charge on any atom is 0.244 e. The summed E-state index contributed by atoms with van der Waals surface area (Å²) in [5, 5.41) is 12.4. The molecule has 0 spiro atoms. The number of hydrogen-bond donors (Lipinski definition) is 2. The number of aryl methyl sites for hydroxylation is 2. The predicted molar refractivity (Wildman–Crippen MR) is 90.2 cm³/mol. The molecule has 5 nitrogen and oxygen atoms in total. The average Bonchev–Trinajstić information content (AvgIpc) is 2.88. The van der Waals surface area contributed by atoms with Crippen molar-refractivity contribution in [2.45, 2.75) is 27.0 Å². The van der Waals surface area contributed by atoms with E-state index in [9.17, 15) is 9.90 Å². The summed E-state index contributed by atoms with van der Waals surface area (Å²) in [4.78, 5) is 16.7. The molecule has 2 N–H and O–H groups in total. The number of aromatic nitrogens is 2. The van der Waals surface area contributed by atoms with Crippen molar-refractivity contribution in [3.8, 4) is 0 Å². The van der Waals surface area contributed by atoms with Gasteiger partial charge in [0.1, 0.15) is 19.0 Å². The predicted octanol–water partition coefficient (Wildman–Crippen LogP) is 2.78. The maximum absolute atomic E-state index is 12.4. The fourth-order valence-corrected chi connectivity index (χ4v) is 2.71. The Morgan fingerprint density at radius 3 is 2.74 bits per heavy atom. The second-order valence-corrected chi connectivity index (χ2v) is 5.63.